The number of hydrogen-bond donors (Lipinski definition) is 3. The lowest BCUT2D eigenvalue weighted by atomic mass is 9.90. The molecular formula is C30H33ClF2N6O2S. The highest BCUT2D eigenvalue weighted by molar-refractivity contribution is 7.92. The van der Waals surface area contributed by atoms with Crippen LogP contribution in [0.1, 0.15) is 51.6 Å². The number of pyridine rings is 1. The number of fused-ring (bicyclic) bond motifs is 1. The van der Waals surface area contributed by atoms with Crippen LogP contribution in [-0.2, 0) is 10.0 Å². The molecule has 8 nitrogen and oxygen atoms in total. The summed E-state index contributed by atoms with van der Waals surface area (Å²) in [7, 11) is -4.12. The molecule has 0 bridgehead atoms. The first-order valence-corrected chi connectivity index (χ1v) is 15.6. The molecule has 0 spiro atoms. The maximum Gasteiger partial charge on any atom is 0.263 e. The maximum absolute atomic E-state index is 15.4. The molecule has 5 rings (SSSR count). The Hall–Kier alpha value is -3.54. The molecule has 2 atom stereocenters. The Balaban J connectivity index is 1.53. The van der Waals surface area contributed by atoms with E-state index in [0.717, 1.165) is 35.9 Å². The average molecular weight is 615 g/mol. The van der Waals surface area contributed by atoms with Crippen molar-refractivity contribution in [1.29, 1.82) is 0 Å². The van der Waals surface area contributed by atoms with Crippen LogP contribution in [0.3, 0.4) is 0 Å². The van der Waals surface area contributed by atoms with E-state index >= 15 is 4.39 Å². The molecule has 222 valence electrons. The summed E-state index contributed by atoms with van der Waals surface area (Å²) in [4.78, 5) is 4.32. The molecule has 4 aromatic rings. The van der Waals surface area contributed by atoms with Crippen molar-refractivity contribution in [2.45, 2.75) is 63.1 Å². The molecule has 1 aliphatic rings. The Morgan fingerprint density at radius 3 is 2.60 bits per heavy atom. The Bertz CT molecular complexity index is 1770. The van der Waals surface area contributed by atoms with Crippen LogP contribution in [-0.4, -0.2) is 41.9 Å². The number of halogens is 3. The number of anilines is 2. The zero-order valence-corrected chi connectivity index (χ0v) is 25.1. The highest BCUT2D eigenvalue weighted by Crippen LogP contribution is 2.40. The van der Waals surface area contributed by atoms with Gasteiger partial charge >= 0.3 is 0 Å². The Morgan fingerprint density at radius 1 is 1.19 bits per heavy atom. The first-order chi connectivity index (χ1) is 20.0. The summed E-state index contributed by atoms with van der Waals surface area (Å²) in [6, 6.07) is 10.1. The van der Waals surface area contributed by atoms with Gasteiger partial charge in [-0.3, -0.25) is 9.40 Å². The number of nitrogens with two attached hydrogens (primary N) is 1. The minimum Gasteiger partial charge on any atom is -0.383 e. The number of hydrogen-bond acceptors (Lipinski definition) is 6. The molecule has 42 heavy (non-hydrogen) atoms. The van der Waals surface area contributed by atoms with Crippen LogP contribution in [0, 0.1) is 5.82 Å². The van der Waals surface area contributed by atoms with Gasteiger partial charge in [0.1, 0.15) is 28.9 Å². The van der Waals surface area contributed by atoms with Gasteiger partial charge in [0.2, 0.25) is 0 Å². The largest absolute Gasteiger partial charge is 0.383 e. The van der Waals surface area contributed by atoms with Gasteiger partial charge in [-0.05, 0) is 69.9 Å². The van der Waals surface area contributed by atoms with E-state index in [4.69, 9.17) is 22.4 Å². The van der Waals surface area contributed by atoms with E-state index in [0.29, 0.717) is 16.6 Å². The normalized spacial score (nSPS) is 16.5. The molecule has 0 unspecified atom stereocenters. The summed E-state index contributed by atoms with van der Waals surface area (Å²) in [5.74, 6) is -0.527. The van der Waals surface area contributed by atoms with E-state index in [9.17, 15) is 12.8 Å². The van der Waals surface area contributed by atoms with Gasteiger partial charge in [-0.2, -0.15) is 5.10 Å². The van der Waals surface area contributed by atoms with Crippen molar-refractivity contribution in [3.63, 3.8) is 0 Å². The minimum atomic E-state index is -4.12. The van der Waals surface area contributed by atoms with E-state index in [1.165, 1.54) is 30.3 Å². The highest BCUT2D eigenvalue weighted by atomic mass is 35.5. The Kier molecular flexibility index (Phi) is 8.54. The zero-order valence-electron chi connectivity index (χ0n) is 23.5. The quantitative estimate of drug-likeness (QED) is 0.192. The molecule has 2 aromatic heterocycles. The molecule has 0 saturated heterocycles. The summed E-state index contributed by atoms with van der Waals surface area (Å²) in [5, 5.41) is 8.78. The molecule has 4 N–H and O–H groups in total. The third kappa shape index (κ3) is 5.86. The van der Waals surface area contributed by atoms with Crippen molar-refractivity contribution in [2.24, 2.45) is 0 Å². The highest BCUT2D eigenvalue weighted by Gasteiger charge is 2.26. The van der Waals surface area contributed by atoms with Gasteiger partial charge in [-0.1, -0.05) is 35.9 Å². The van der Waals surface area contributed by atoms with Gasteiger partial charge in [0.15, 0.2) is 0 Å². The lowest BCUT2D eigenvalue weighted by Crippen LogP contribution is -2.38. The summed E-state index contributed by atoms with van der Waals surface area (Å²) in [6.07, 6.45) is 6.27. The van der Waals surface area contributed by atoms with Gasteiger partial charge < -0.3 is 11.1 Å². The molecule has 2 aromatic carbocycles. The number of alkyl halides is 1. The van der Waals surface area contributed by atoms with Crippen molar-refractivity contribution in [2.75, 3.05) is 17.1 Å². The van der Waals surface area contributed by atoms with Crippen LogP contribution in [0.2, 0.25) is 5.02 Å². The number of nitrogens with zero attached hydrogens (tertiary/aromatic N) is 3. The van der Waals surface area contributed by atoms with Gasteiger partial charge in [0.25, 0.3) is 10.0 Å². The van der Waals surface area contributed by atoms with Crippen LogP contribution in [0.5, 0.6) is 0 Å². The Morgan fingerprint density at radius 2 is 1.95 bits per heavy atom. The molecular weight excluding hydrogens is 582 g/mol. The predicted octanol–water partition coefficient (Wildman–Crippen LogP) is 6.74. The molecule has 2 heterocycles. The number of sulfonamides is 1. The first kappa shape index (κ1) is 29.9. The van der Waals surface area contributed by atoms with Crippen molar-refractivity contribution in [3.8, 4) is 11.3 Å². The minimum absolute atomic E-state index is 0.0284. The molecule has 0 saturated carbocycles. The number of nitrogen functional groups attached to an aromatic ring is 1. The molecule has 0 fully saturated rings. The van der Waals surface area contributed by atoms with Crippen LogP contribution < -0.4 is 15.8 Å². The molecule has 0 aliphatic heterocycles. The van der Waals surface area contributed by atoms with E-state index in [-0.39, 0.29) is 39.5 Å². The summed E-state index contributed by atoms with van der Waals surface area (Å²) in [6.45, 7) is 5.41. The molecule has 0 amide bonds. The van der Waals surface area contributed by atoms with E-state index in [1.54, 1.807) is 18.3 Å². The van der Waals surface area contributed by atoms with Crippen LogP contribution in [0.15, 0.2) is 59.6 Å². The van der Waals surface area contributed by atoms with E-state index < -0.39 is 22.5 Å². The van der Waals surface area contributed by atoms with E-state index in [1.807, 2.05) is 25.5 Å². The van der Waals surface area contributed by atoms with E-state index in [2.05, 4.69) is 21.1 Å². The fourth-order valence-corrected chi connectivity index (χ4v) is 6.88. The van der Waals surface area contributed by atoms with Crippen LogP contribution >= 0.6 is 11.6 Å². The summed E-state index contributed by atoms with van der Waals surface area (Å²) in [5.41, 5.74) is 9.83. The van der Waals surface area contributed by atoms with Gasteiger partial charge in [-0.25, -0.2) is 22.2 Å². The summed E-state index contributed by atoms with van der Waals surface area (Å²) >= 11 is 6.06. The van der Waals surface area contributed by atoms with Gasteiger partial charge in [0, 0.05) is 35.4 Å². The lowest BCUT2D eigenvalue weighted by Gasteiger charge is -2.26. The second kappa shape index (κ2) is 12.0. The molecule has 1 aliphatic carbocycles. The van der Waals surface area contributed by atoms with Crippen molar-refractivity contribution < 1.29 is 17.2 Å². The monoisotopic (exact) mass is 614 g/mol. The predicted molar refractivity (Wildman–Crippen MR) is 164 cm³/mol. The number of nitrogens with one attached hydrogen (secondary N) is 2. The fraction of sp³-hybridized carbons (Fsp3) is 0.333. The zero-order chi connectivity index (χ0) is 30.2. The topological polar surface area (TPSA) is 115 Å². The SMILES string of the molecule is CC(C)n1nc(-c2ccc(NS(=O)(=O)c3ccccc3Cl)c(F)c2)c2c(N)ncc(C3=CC[C@@H](N[C@@H](C)CF)CC3)c21. The second-order valence-electron chi connectivity index (χ2n) is 10.8. The number of allylic oxidation sites excluding steroid dienone is 1. The fourth-order valence-electron chi connectivity index (χ4n) is 5.29. The van der Waals surface area contributed by atoms with Crippen LogP contribution in [0.4, 0.5) is 20.3 Å². The average Bonchev–Trinajstić information content (AvgIpc) is 3.37. The number of benzene rings is 2. The van der Waals surface area contributed by atoms with Crippen molar-refractivity contribution in [1.82, 2.24) is 20.1 Å². The second-order valence-corrected chi connectivity index (χ2v) is 12.9. The maximum atomic E-state index is 15.4. The van der Waals surface area contributed by atoms with Gasteiger partial charge in [-0.15, -0.1) is 0 Å². The first-order valence-electron chi connectivity index (χ1n) is 13.8. The number of rotatable bonds is 9. The standard InChI is InChI=1S/C30H33ClF2N6O2S/c1-17(2)39-29-22(19-8-11-21(12-9-19)36-18(3)15-32)16-35-30(34)27(29)28(37-39)20-10-13-25(24(33)14-20)38-42(40,41)26-7-5-4-6-23(26)31/h4-8,10,13-14,16-18,21,36,38H,9,11-12,15H2,1-3H3,(H2,34,35)/t18-,21+/m0/s1. The smallest absolute Gasteiger partial charge is 0.263 e. The molecule has 0 radical (unpaired) electrons. The number of aromatic nitrogens is 3. The van der Waals surface area contributed by atoms with Crippen molar-refractivity contribution >= 4 is 49.6 Å². The Labute approximate surface area is 249 Å². The van der Waals surface area contributed by atoms with Crippen molar-refractivity contribution in [3.05, 3.63) is 71.1 Å². The van der Waals surface area contributed by atoms with Gasteiger partial charge in [0.05, 0.1) is 21.6 Å². The summed E-state index contributed by atoms with van der Waals surface area (Å²) < 4.78 is 58.3. The third-order valence-corrected chi connectivity index (χ3v) is 9.23. The lowest BCUT2D eigenvalue weighted by molar-refractivity contribution is 0.347. The third-order valence-electron chi connectivity index (χ3n) is 7.37. The molecule has 12 heteroatoms. The van der Waals surface area contributed by atoms with Crippen LogP contribution in [0.25, 0.3) is 27.7 Å².